The van der Waals surface area contributed by atoms with Crippen molar-refractivity contribution in [3.05, 3.63) is 17.0 Å². The molecule has 0 fully saturated rings. The van der Waals surface area contributed by atoms with Crippen molar-refractivity contribution in [3.8, 4) is 0 Å². The second-order valence-corrected chi connectivity index (χ2v) is 5.38. The SMILES string of the molecule is COC[C@@H](N[C@H](C)Cc1c(C)noc1C)C(C)C. The number of ether oxygens (including phenoxy) is 1. The van der Waals surface area contributed by atoms with E-state index < -0.39 is 0 Å². The van der Waals surface area contributed by atoms with Crippen molar-refractivity contribution in [1.29, 1.82) is 0 Å². The van der Waals surface area contributed by atoms with E-state index in [4.69, 9.17) is 9.26 Å². The highest BCUT2D eigenvalue weighted by molar-refractivity contribution is 5.21. The molecule has 0 bridgehead atoms. The number of nitrogens with one attached hydrogen (secondary N) is 1. The van der Waals surface area contributed by atoms with Gasteiger partial charge in [0.15, 0.2) is 0 Å². The van der Waals surface area contributed by atoms with Gasteiger partial charge < -0.3 is 14.6 Å². The van der Waals surface area contributed by atoms with Crippen LogP contribution in [-0.4, -0.2) is 31.0 Å². The number of hydrogen-bond donors (Lipinski definition) is 1. The molecule has 2 atom stereocenters. The molecule has 0 aliphatic heterocycles. The summed E-state index contributed by atoms with van der Waals surface area (Å²) in [6, 6.07) is 0.759. The maximum Gasteiger partial charge on any atom is 0.137 e. The molecule has 0 saturated heterocycles. The van der Waals surface area contributed by atoms with Gasteiger partial charge >= 0.3 is 0 Å². The van der Waals surface area contributed by atoms with Gasteiger partial charge in [0, 0.05) is 24.8 Å². The van der Waals surface area contributed by atoms with Crippen molar-refractivity contribution in [2.45, 2.75) is 53.1 Å². The van der Waals surface area contributed by atoms with Crippen LogP contribution in [0.15, 0.2) is 4.52 Å². The molecule has 0 aliphatic rings. The molecule has 0 radical (unpaired) electrons. The van der Waals surface area contributed by atoms with Crippen LogP contribution < -0.4 is 5.32 Å². The van der Waals surface area contributed by atoms with Gasteiger partial charge in [0.25, 0.3) is 0 Å². The van der Waals surface area contributed by atoms with E-state index in [0.29, 0.717) is 18.0 Å². The molecule has 0 spiro atoms. The van der Waals surface area contributed by atoms with Gasteiger partial charge in [-0.25, -0.2) is 0 Å². The molecule has 4 nitrogen and oxygen atoms in total. The van der Waals surface area contributed by atoms with Crippen molar-refractivity contribution >= 4 is 0 Å². The predicted molar refractivity (Wildman–Crippen MR) is 72.8 cm³/mol. The fourth-order valence-corrected chi connectivity index (χ4v) is 2.14. The average molecular weight is 254 g/mol. The molecule has 1 rings (SSSR count). The van der Waals surface area contributed by atoms with Crippen LogP contribution in [0.3, 0.4) is 0 Å². The van der Waals surface area contributed by atoms with Crippen molar-refractivity contribution in [3.63, 3.8) is 0 Å². The molecule has 1 aromatic rings. The molecule has 1 heterocycles. The highest BCUT2D eigenvalue weighted by Gasteiger charge is 2.18. The van der Waals surface area contributed by atoms with Crippen molar-refractivity contribution in [2.24, 2.45) is 5.92 Å². The zero-order valence-corrected chi connectivity index (χ0v) is 12.4. The van der Waals surface area contributed by atoms with E-state index in [-0.39, 0.29) is 0 Å². The summed E-state index contributed by atoms with van der Waals surface area (Å²) in [5, 5.41) is 7.61. The summed E-state index contributed by atoms with van der Waals surface area (Å²) in [7, 11) is 1.75. The van der Waals surface area contributed by atoms with Crippen LogP contribution in [0, 0.1) is 19.8 Å². The zero-order valence-electron chi connectivity index (χ0n) is 12.4. The van der Waals surface area contributed by atoms with Crippen LogP contribution in [0.4, 0.5) is 0 Å². The molecule has 104 valence electrons. The normalized spacial score (nSPS) is 15.1. The zero-order chi connectivity index (χ0) is 13.7. The molecule has 1 N–H and O–H groups in total. The maximum absolute atomic E-state index is 5.26. The number of hydrogen-bond acceptors (Lipinski definition) is 4. The number of methoxy groups -OCH3 is 1. The van der Waals surface area contributed by atoms with Crippen LogP contribution >= 0.6 is 0 Å². The maximum atomic E-state index is 5.26. The Balaban J connectivity index is 2.57. The van der Waals surface area contributed by atoms with E-state index in [9.17, 15) is 0 Å². The summed E-state index contributed by atoms with van der Waals surface area (Å²) in [5.41, 5.74) is 2.21. The van der Waals surface area contributed by atoms with E-state index in [0.717, 1.165) is 24.5 Å². The fourth-order valence-electron chi connectivity index (χ4n) is 2.14. The first-order valence-electron chi connectivity index (χ1n) is 6.62. The lowest BCUT2D eigenvalue weighted by Crippen LogP contribution is -2.43. The quantitative estimate of drug-likeness (QED) is 0.812. The lowest BCUT2D eigenvalue weighted by atomic mass is 10.0. The summed E-state index contributed by atoms with van der Waals surface area (Å²) in [6.45, 7) is 11.3. The third kappa shape index (κ3) is 4.10. The summed E-state index contributed by atoms with van der Waals surface area (Å²) >= 11 is 0. The smallest absolute Gasteiger partial charge is 0.137 e. The minimum Gasteiger partial charge on any atom is -0.383 e. The Hall–Kier alpha value is -0.870. The van der Waals surface area contributed by atoms with Gasteiger partial charge in [-0.05, 0) is 33.1 Å². The molecule has 0 aromatic carbocycles. The topological polar surface area (TPSA) is 47.3 Å². The molecule has 0 unspecified atom stereocenters. The van der Waals surface area contributed by atoms with Crippen LogP contribution in [0.1, 0.15) is 37.8 Å². The predicted octanol–water partition coefficient (Wildman–Crippen LogP) is 2.48. The number of rotatable bonds is 7. The number of nitrogens with zero attached hydrogens (tertiary/aromatic N) is 1. The first-order valence-corrected chi connectivity index (χ1v) is 6.62. The summed E-state index contributed by atoms with van der Waals surface area (Å²) in [5.74, 6) is 1.48. The molecule has 0 saturated carbocycles. The van der Waals surface area contributed by atoms with Gasteiger partial charge in [0.05, 0.1) is 12.3 Å². The van der Waals surface area contributed by atoms with Crippen molar-refractivity contribution in [1.82, 2.24) is 10.5 Å². The van der Waals surface area contributed by atoms with Gasteiger partial charge in [-0.1, -0.05) is 19.0 Å². The summed E-state index contributed by atoms with van der Waals surface area (Å²) < 4.78 is 10.4. The molecule has 18 heavy (non-hydrogen) atoms. The first-order chi connectivity index (χ1) is 8.45. The van der Waals surface area contributed by atoms with Crippen LogP contribution in [0.5, 0.6) is 0 Å². The summed E-state index contributed by atoms with van der Waals surface area (Å²) in [6.07, 6.45) is 0.939. The van der Waals surface area contributed by atoms with Gasteiger partial charge in [0.2, 0.25) is 0 Å². The third-order valence-electron chi connectivity index (χ3n) is 3.34. The van der Waals surface area contributed by atoms with Crippen LogP contribution in [-0.2, 0) is 11.2 Å². The van der Waals surface area contributed by atoms with E-state index in [1.807, 2.05) is 13.8 Å². The Morgan fingerprint density at radius 1 is 1.28 bits per heavy atom. The third-order valence-corrected chi connectivity index (χ3v) is 3.34. The van der Waals surface area contributed by atoms with Crippen molar-refractivity contribution in [2.75, 3.05) is 13.7 Å². The monoisotopic (exact) mass is 254 g/mol. The highest BCUT2D eigenvalue weighted by atomic mass is 16.5. The first kappa shape index (κ1) is 15.2. The van der Waals surface area contributed by atoms with Crippen LogP contribution in [0.2, 0.25) is 0 Å². The lowest BCUT2D eigenvalue weighted by Gasteiger charge is -2.25. The van der Waals surface area contributed by atoms with Crippen molar-refractivity contribution < 1.29 is 9.26 Å². The fraction of sp³-hybridized carbons (Fsp3) is 0.786. The summed E-state index contributed by atoms with van der Waals surface area (Å²) in [4.78, 5) is 0. The molecule has 1 aromatic heterocycles. The van der Waals surface area contributed by atoms with Gasteiger partial charge in [-0.15, -0.1) is 0 Å². The lowest BCUT2D eigenvalue weighted by molar-refractivity contribution is 0.141. The largest absolute Gasteiger partial charge is 0.383 e. The Labute approximate surface area is 110 Å². The standard InChI is InChI=1S/C14H26N2O2/c1-9(2)14(8-17-6)15-10(3)7-13-11(4)16-18-12(13)5/h9-10,14-15H,7-8H2,1-6H3/t10-,14-/m1/s1. The Bertz CT molecular complexity index is 341. The minimum atomic E-state index is 0.379. The number of aromatic nitrogens is 1. The number of aryl methyl sites for hydroxylation is 2. The van der Waals surface area contributed by atoms with Crippen LogP contribution in [0.25, 0.3) is 0 Å². The van der Waals surface area contributed by atoms with E-state index in [2.05, 4.69) is 31.2 Å². The Morgan fingerprint density at radius 2 is 1.94 bits per heavy atom. The Kier molecular flexibility index (Phi) is 5.82. The molecule has 0 amide bonds. The molecule has 4 heteroatoms. The molecule has 0 aliphatic carbocycles. The van der Waals surface area contributed by atoms with Gasteiger partial charge in [-0.2, -0.15) is 0 Å². The molecular formula is C14H26N2O2. The Morgan fingerprint density at radius 3 is 2.39 bits per heavy atom. The van der Waals surface area contributed by atoms with Gasteiger partial charge in [-0.3, -0.25) is 0 Å². The second kappa shape index (κ2) is 6.90. The minimum absolute atomic E-state index is 0.379. The van der Waals surface area contributed by atoms with E-state index in [1.54, 1.807) is 7.11 Å². The average Bonchev–Trinajstić information content (AvgIpc) is 2.60. The highest BCUT2D eigenvalue weighted by Crippen LogP contribution is 2.15. The van der Waals surface area contributed by atoms with E-state index >= 15 is 0 Å². The second-order valence-electron chi connectivity index (χ2n) is 5.38. The van der Waals surface area contributed by atoms with Gasteiger partial charge in [0.1, 0.15) is 5.76 Å². The molecular weight excluding hydrogens is 228 g/mol. The van der Waals surface area contributed by atoms with E-state index in [1.165, 1.54) is 5.56 Å².